The molecule has 0 aliphatic rings. The first kappa shape index (κ1) is 21.2. The van der Waals surface area contributed by atoms with Crippen LogP contribution in [0.15, 0.2) is 0 Å². The van der Waals surface area contributed by atoms with Crippen molar-refractivity contribution in [3.8, 4) is 11.8 Å². The highest BCUT2D eigenvalue weighted by molar-refractivity contribution is 6.74. The van der Waals surface area contributed by atoms with Crippen molar-refractivity contribution in [1.29, 1.82) is 0 Å². The predicted octanol–water partition coefficient (Wildman–Crippen LogP) is 3.50. The standard InChI is InChI=1S/C17H32O4Si/c1-17(2,3)22(5,6)21-14-10-8-7-9-11-15(18)12-13-16(19)20-4/h15,18H,8,10-14H2,1-6H3/t15-/m0/s1. The van der Waals surface area contributed by atoms with Crippen LogP contribution in [0.1, 0.15) is 52.9 Å². The van der Waals surface area contributed by atoms with Crippen LogP contribution >= 0.6 is 0 Å². The van der Waals surface area contributed by atoms with Gasteiger partial charge in [-0.25, -0.2) is 0 Å². The molecule has 0 radical (unpaired) electrons. The van der Waals surface area contributed by atoms with Crippen LogP contribution in [0, 0.1) is 11.8 Å². The molecule has 0 unspecified atom stereocenters. The van der Waals surface area contributed by atoms with Crippen LogP contribution in [-0.2, 0) is 14.0 Å². The molecule has 1 N–H and O–H groups in total. The number of carbonyl (C=O) groups is 1. The number of aliphatic hydroxyl groups is 1. The summed E-state index contributed by atoms with van der Waals surface area (Å²) in [6.45, 7) is 11.9. The van der Waals surface area contributed by atoms with Crippen molar-refractivity contribution in [1.82, 2.24) is 0 Å². The minimum absolute atomic E-state index is 0.236. The third-order valence-corrected chi connectivity index (χ3v) is 8.63. The number of carbonyl (C=O) groups excluding carboxylic acids is 1. The number of hydrogen-bond acceptors (Lipinski definition) is 4. The second kappa shape index (κ2) is 10.0. The smallest absolute Gasteiger partial charge is 0.305 e. The number of ether oxygens (including phenoxy) is 1. The maximum atomic E-state index is 10.9. The van der Waals surface area contributed by atoms with Crippen LogP contribution in [0.4, 0.5) is 0 Å². The lowest BCUT2D eigenvalue weighted by Crippen LogP contribution is -2.40. The van der Waals surface area contributed by atoms with Gasteiger partial charge in [-0.3, -0.25) is 4.79 Å². The number of unbranched alkanes of at least 4 members (excludes halogenated alkanes) is 1. The van der Waals surface area contributed by atoms with Gasteiger partial charge in [-0.1, -0.05) is 20.8 Å². The highest BCUT2D eigenvalue weighted by Gasteiger charge is 2.36. The van der Waals surface area contributed by atoms with E-state index in [1.54, 1.807) is 0 Å². The summed E-state index contributed by atoms with van der Waals surface area (Å²) < 4.78 is 10.6. The summed E-state index contributed by atoms with van der Waals surface area (Å²) in [6.07, 6.45) is 2.17. The van der Waals surface area contributed by atoms with Gasteiger partial charge in [0.2, 0.25) is 0 Å². The fourth-order valence-corrected chi connectivity index (χ4v) is 2.56. The number of hydrogen-bond donors (Lipinski definition) is 1. The summed E-state index contributed by atoms with van der Waals surface area (Å²) in [5, 5.41) is 9.90. The Morgan fingerprint density at radius 2 is 1.91 bits per heavy atom. The molecule has 128 valence electrons. The molecular weight excluding hydrogens is 296 g/mol. The molecule has 0 aliphatic heterocycles. The average molecular weight is 329 g/mol. The van der Waals surface area contributed by atoms with E-state index in [0.29, 0.717) is 12.8 Å². The van der Waals surface area contributed by atoms with E-state index in [4.69, 9.17) is 4.43 Å². The molecule has 5 heteroatoms. The van der Waals surface area contributed by atoms with Gasteiger partial charge in [0.15, 0.2) is 8.32 Å². The van der Waals surface area contributed by atoms with E-state index < -0.39 is 14.4 Å². The average Bonchev–Trinajstić information content (AvgIpc) is 2.42. The van der Waals surface area contributed by atoms with E-state index in [-0.39, 0.29) is 17.4 Å². The third kappa shape index (κ3) is 9.24. The normalized spacial score (nSPS) is 13.2. The lowest BCUT2D eigenvalue weighted by Gasteiger charge is -2.36. The Morgan fingerprint density at radius 1 is 1.27 bits per heavy atom. The van der Waals surface area contributed by atoms with Gasteiger partial charge in [0, 0.05) is 25.9 Å². The van der Waals surface area contributed by atoms with Crippen LogP contribution in [0.3, 0.4) is 0 Å². The number of rotatable bonds is 8. The summed E-state index contributed by atoms with van der Waals surface area (Å²) in [5.74, 6) is 5.71. The second-order valence-electron chi connectivity index (χ2n) is 7.04. The first-order valence-electron chi connectivity index (χ1n) is 7.94. The van der Waals surface area contributed by atoms with E-state index in [9.17, 15) is 9.90 Å². The fourth-order valence-electron chi connectivity index (χ4n) is 1.47. The molecule has 0 amide bonds. The summed E-state index contributed by atoms with van der Waals surface area (Å²) in [4.78, 5) is 10.9. The van der Waals surface area contributed by atoms with Gasteiger partial charge in [0.1, 0.15) is 0 Å². The van der Waals surface area contributed by atoms with Crippen LogP contribution in [0.25, 0.3) is 0 Å². The summed E-state index contributed by atoms with van der Waals surface area (Å²) >= 11 is 0. The Morgan fingerprint density at radius 3 is 2.45 bits per heavy atom. The second-order valence-corrected chi connectivity index (χ2v) is 11.8. The van der Waals surface area contributed by atoms with Crippen molar-refractivity contribution in [2.45, 2.75) is 77.1 Å². The van der Waals surface area contributed by atoms with E-state index in [2.05, 4.69) is 50.4 Å². The summed E-state index contributed by atoms with van der Waals surface area (Å²) in [7, 11) is -0.301. The molecule has 0 fully saturated rings. The topological polar surface area (TPSA) is 55.8 Å². The SMILES string of the molecule is COC(=O)CC[C@@H](O)CC#CCCCO[Si](C)(C)C(C)(C)C. The Hall–Kier alpha value is -0.833. The zero-order chi connectivity index (χ0) is 17.2. The summed E-state index contributed by atoms with van der Waals surface area (Å²) in [6, 6.07) is 0. The molecule has 0 aromatic heterocycles. The molecule has 0 saturated heterocycles. The Balaban J connectivity index is 3.79. The quantitative estimate of drug-likeness (QED) is 0.321. The number of esters is 1. The summed E-state index contributed by atoms with van der Waals surface area (Å²) in [5.41, 5.74) is 0. The van der Waals surface area contributed by atoms with Gasteiger partial charge >= 0.3 is 5.97 Å². The molecule has 0 aromatic rings. The monoisotopic (exact) mass is 328 g/mol. The van der Waals surface area contributed by atoms with Crippen LogP contribution in [-0.4, -0.2) is 39.2 Å². The molecule has 0 spiro atoms. The largest absolute Gasteiger partial charge is 0.469 e. The van der Waals surface area contributed by atoms with Crippen LogP contribution in [0.5, 0.6) is 0 Å². The number of methoxy groups -OCH3 is 1. The molecule has 22 heavy (non-hydrogen) atoms. The molecule has 0 rings (SSSR count). The minimum atomic E-state index is -1.65. The van der Waals surface area contributed by atoms with Crippen LogP contribution in [0.2, 0.25) is 18.1 Å². The maximum absolute atomic E-state index is 10.9. The minimum Gasteiger partial charge on any atom is -0.469 e. The zero-order valence-corrected chi connectivity index (χ0v) is 16.0. The van der Waals surface area contributed by atoms with Crippen LogP contribution < -0.4 is 0 Å². The zero-order valence-electron chi connectivity index (χ0n) is 15.0. The van der Waals surface area contributed by atoms with Crippen molar-refractivity contribution in [3.63, 3.8) is 0 Å². The van der Waals surface area contributed by atoms with Gasteiger partial charge in [0.25, 0.3) is 0 Å². The highest BCUT2D eigenvalue weighted by atomic mass is 28.4. The molecule has 0 aromatic carbocycles. The fraction of sp³-hybridized carbons (Fsp3) is 0.824. The van der Waals surface area contributed by atoms with Crippen molar-refractivity contribution in [3.05, 3.63) is 0 Å². The molecule has 0 saturated carbocycles. The van der Waals surface area contributed by atoms with E-state index in [1.165, 1.54) is 7.11 Å². The first-order chi connectivity index (χ1) is 10.1. The van der Waals surface area contributed by atoms with E-state index >= 15 is 0 Å². The van der Waals surface area contributed by atoms with Gasteiger partial charge in [-0.05, 0) is 31.0 Å². The van der Waals surface area contributed by atoms with Gasteiger partial charge < -0.3 is 14.3 Å². The lowest BCUT2D eigenvalue weighted by atomic mass is 10.1. The van der Waals surface area contributed by atoms with E-state index in [0.717, 1.165) is 19.4 Å². The van der Waals surface area contributed by atoms with Crippen molar-refractivity contribution in [2.24, 2.45) is 0 Å². The molecule has 0 bridgehead atoms. The van der Waals surface area contributed by atoms with Gasteiger partial charge in [0.05, 0.1) is 13.2 Å². The number of aliphatic hydroxyl groups excluding tert-OH is 1. The Labute approximate surface area is 136 Å². The Bertz CT molecular complexity index is 388. The molecular formula is C17H32O4Si. The molecule has 0 aliphatic carbocycles. The molecule has 1 atom stereocenters. The maximum Gasteiger partial charge on any atom is 0.305 e. The Kier molecular flexibility index (Phi) is 9.66. The van der Waals surface area contributed by atoms with E-state index in [1.807, 2.05) is 0 Å². The first-order valence-corrected chi connectivity index (χ1v) is 10.9. The van der Waals surface area contributed by atoms with Gasteiger partial charge in [-0.15, -0.1) is 11.8 Å². The van der Waals surface area contributed by atoms with Crippen molar-refractivity contribution < 1.29 is 19.1 Å². The third-order valence-electron chi connectivity index (χ3n) is 4.09. The molecule has 0 heterocycles. The van der Waals surface area contributed by atoms with Crippen molar-refractivity contribution in [2.75, 3.05) is 13.7 Å². The van der Waals surface area contributed by atoms with Gasteiger partial charge in [-0.2, -0.15) is 0 Å². The van der Waals surface area contributed by atoms with Crippen molar-refractivity contribution >= 4 is 14.3 Å². The lowest BCUT2D eigenvalue weighted by molar-refractivity contribution is -0.141. The predicted molar refractivity (Wildman–Crippen MR) is 92.0 cm³/mol. The molecule has 4 nitrogen and oxygen atoms in total. The highest BCUT2D eigenvalue weighted by Crippen LogP contribution is 2.36.